The highest BCUT2D eigenvalue weighted by atomic mass is 32.2. The van der Waals surface area contributed by atoms with Crippen LogP contribution in [0.1, 0.15) is 5.56 Å². The Morgan fingerprint density at radius 1 is 1.20 bits per heavy atom. The predicted octanol–water partition coefficient (Wildman–Crippen LogP) is 2.37. The quantitative estimate of drug-likeness (QED) is 0.908. The van der Waals surface area contributed by atoms with Crippen molar-refractivity contribution in [3.63, 3.8) is 0 Å². The lowest BCUT2D eigenvalue weighted by Gasteiger charge is -2.11. The number of hydrogen-bond donors (Lipinski definition) is 2. The second kappa shape index (κ2) is 5.46. The van der Waals surface area contributed by atoms with E-state index in [-0.39, 0.29) is 10.6 Å². The molecule has 106 valence electrons. The minimum absolute atomic E-state index is 0.0560. The smallest absolute Gasteiger partial charge is 0.262 e. The van der Waals surface area contributed by atoms with E-state index in [2.05, 4.69) is 15.0 Å². The maximum Gasteiger partial charge on any atom is 0.262 e. The minimum Gasteiger partial charge on any atom is -0.373 e. The normalized spacial score (nSPS) is 11.2. The van der Waals surface area contributed by atoms with E-state index in [0.29, 0.717) is 11.4 Å². The molecule has 20 heavy (non-hydrogen) atoms. The van der Waals surface area contributed by atoms with E-state index in [9.17, 15) is 12.8 Å². The van der Waals surface area contributed by atoms with Crippen molar-refractivity contribution in [1.29, 1.82) is 0 Å². The van der Waals surface area contributed by atoms with Gasteiger partial charge >= 0.3 is 0 Å². The summed E-state index contributed by atoms with van der Waals surface area (Å²) in [7, 11) is -2.14. The van der Waals surface area contributed by atoms with Crippen LogP contribution in [0.25, 0.3) is 0 Å². The van der Waals surface area contributed by atoms with Crippen LogP contribution >= 0.6 is 0 Å². The zero-order valence-corrected chi connectivity index (χ0v) is 11.8. The zero-order chi connectivity index (χ0) is 14.8. The van der Waals surface area contributed by atoms with Crippen molar-refractivity contribution in [1.82, 2.24) is 4.98 Å². The summed E-state index contributed by atoms with van der Waals surface area (Å²) in [5.74, 6) is -0.0669. The van der Waals surface area contributed by atoms with Crippen molar-refractivity contribution in [3.8, 4) is 0 Å². The van der Waals surface area contributed by atoms with Crippen molar-refractivity contribution >= 4 is 21.5 Å². The third kappa shape index (κ3) is 3.05. The monoisotopic (exact) mass is 295 g/mol. The lowest BCUT2D eigenvalue weighted by Crippen LogP contribution is -2.14. The predicted molar refractivity (Wildman–Crippen MR) is 75.7 cm³/mol. The highest BCUT2D eigenvalue weighted by Crippen LogP contribution is 2.21. The van der Waals surface area contributed by atoms with E-state index in [0.717, 1.165) is 6.07 Å². The molecule has 2 N–H and O–H groups in total. The van der Waals surface area contributed by atoms with Crippen molar-refractivity contribution in [2.24, 2.45) is 0 Å². The molecule has 0 saturated carbocycles. The molecular weight excluding hydrogens is 281 g/mol. The maximum absolute atomic E-state index is 13.2. The number of halogens is 1. The second-order valence-electron chi connectivity index (χ2n) is 4.19. The van der Waals surface area contributed by atoms with Gasteiger partial charge in [-0.1, -0.05) is 6.07 Å². The molecule has 2 aromatic rings. The Hall–Kier alpha value is -2.15. The van der Waals surface area contributed by atoms with Gasteiger partial charge in [-0.25, -0.2) is 17.8 Å². The van der Waals surface area contributed by atoms with E-state index in [1.54, 1.807) is 14.0 Å². The number of rotatable bonds is 4. The molecule has 0 saturated heterocycles. The van der Waals surface area contributed by atoms with E-state index >= 15 is 0 Å². The first-order chi connectivity index (χ1) is 9.42. The van der Waals surface area contributed by atoms with Crippen molar-refractivity contribution < 1.29 is 12.8 Å². The molecule has 0 spiro atoms. The number of sulfonamides is 1. The van der Waals surface area contributed by atoms with E-state index in [1.807, 2.05) is 0 Å². The molecule has 0 amide bonds. The van der Waals surface area contributed by atoms with Crippen molar-refractivity contribution in [2.75, 3.05) is 17.1 Å². The fourth-order valence-electron chi connectivity index (χ4n) is 1.62. The molecule has 1 heterocycles. The molecule has 0 aliphatic rings. The molecule has 0 atom stereocenters. The summed E-state index contributed by atoms with van der Waals surface area (Å²) in [6.45, 7) is 1.70. The average Bonchev–Trinajstić information content (AvgIpc) is 2.43. The molecule has 7 heteroatoms. The number of pyridine rings is 1. The average molecular weight is 295 g/mol. The molecular formula is C13H14FN3O2S. The Bertz CT molecular complexity index is 732. The van der Waals surface area contributed by atoms with Gasteiger partial charge < -0.3 is 5.32 Å². The van der Waals surface area contributed by atoms with E-state index in [1.165, 1.54) is 30.5 Å². The highest BCUT2D eigenvalue weighted by molar-refractivity contribution is 7.92. The second-order valence-corrected chi connectivity index (χ2v) is 5.87. The highest BCUT2D eigenvalue weighted by Gasteiger charge is 2.16. The molecule has 1 aromatic heterocycles. The van der Waals surface area contributed by atoms with Gasteiger partial charge in [0, 0.05) is 19.3 Å². The largest absolute Gasteiger partial charge is 0.373 e. The molecule has 0 aliphatic heterocycles. The summed E-state index contributed by atoms with van der Waals surface area (Å²) in [6, 6.07) is 6.71. The SMILES string of the molecule is CNc1cc(S(=O)(=O)Nc2cc(F)ccc2C)ccn1. The number of anilines is 2. The van der Waals surface area contributed by atoms with Gasteiger partial charge in [-0.15, -0.1) is 0 Å². The van der Waals surface area contributed by atoms with Crippen LogP contribution in [0.2, 0.25) is 0 Å². The summed E-state index contributed by atoms with van der Waals surface area (Å²) in [6.07, 6.45) is 1.39. The van der Waals surface area contributed by atoms with Gasteiger partial charge in [0.15, 0.2) is 0 Å². The molecule has 0 radical (unpaired) electrons. The standard InChI is InChI=1S/C13H14FN3O2S/c1-9-3-4-10(14)7-12(9)17-20(18,19)11-5-6-16-13(8-11)15-2/h3-8,17H,1-2H3,(H,15,16). The van der Waals surface area contributed by atoms with Crippen LogP contribution in [-0.2, 0) is 10.0 Å². The van der Waals surface area contributed by atoms with Gasteiger partial charge in [0.25, 0.3) is 10.0 Å². The van der Waals surface area contributed by atoms with Crippen LogP contribution in [0, 0.1) is 12.7 Å². The van der Waals surface area contributed by atoms with Gasteiger partial charge in [-0.3, -0.25) is 4.72 Å². The zero-order valence-electron chi connectivity index (χ0n) is 11.0. The first-order valence-electron chi connectivity index (χ1n) is 5.85. The number of aromatic nitrogens is 1. The fourth-order valence-corrected chi connectivity index (χ4v) is 2.76. The van der Waals surface area contributed by atoms with Crippen molar-refractivity contribution in [3.05, 3.63) is 47.9 Å². The summed E-state index contributed by atoms with van der Waals surface area (Å²) in [5.41, 5.74) is 0.852. The number of aryl methyl sites for hydroxylation is 1. The van der Waals surface area contributed by atoms with Crippen LogP contribution in [0.5, 0.6) is 0 Å². The van der Waals surface area contributed by atoms with Crippen LogP contribution in [0.3, 0.4) is 0 Å². The summed E-state index contributed by atoms with van der Waals surface area (Å²) < 4.78 is 40.0. The minimum atomic E-state index is -3.78. The maximum atomic E-state index is 13.2. The number of benzene rings is 1. The first-order valence-corrected chi connectivity index (χ1v) is 7.33. The van der Waals surface area contributed by atoms with Gasteiger partial charge in [-0.2, -0.15) is 0 Å². The van der Waals surface area contributed by atoms with Gasteiger partial charge in [0.2, 0.25) is 0 Å². The van der Waals surface area contributed by atoms with Gasteiger partial charge in [0.05, 0.1) is 10.6 Å². The summed E-state index contributed by atoms with van der Waals surface area (Å²) in [4.78, 5) is 4.00. The Morgan fingerprint density at radius 2 is 1.95 bits per heavy atom. The molecule has 0 bridgehead atoms. The van der Waals surface area contributed by atoms with Crippen LogP contribution in [0.15, 0.2) is 41.4 Å². The van der Waals surface area contributed by atoms with Crippen LogP contribution in [-0.4, -0.2) is 20.4 Å². The Kier molecular flexibility index (Phi) is 3.89. The third-order valence-corrected chi connectivity index (χ3v) is 4.10. The summed E-state index contributed by atoms with van der Waals surface area (Å²) >= 11 is 0. The lowest BCUT2D eigenvalue weighted by molar-refractivity contribution is 0.601. The molecule has 5 nitrogen and oxygen atoms in total. The lowest BCUT2D eigenvalue weighted by atomic mass is 10.2. The van der Waals surface area contributed by atoms with Crippen LogP contribution in [0.4, 0.5) is 15.9 Å². The van der Waals surface area contributed by atoms with Crippen LogP contribution < -0.4 is 10.0 Å². The van der Waals surface area contributed by atoms with E-state index < -0.39 is 15.8 Å². The Morgan fingerprint density at radius 3 is 2.65 bits per heavy atom. The molecule has 0 fully saturated rings. The fraction of sp³-hybridized carbons (Fsp3) is 0.154. The van der Waals surface area contributed by atoms with Crippen molar-refractivity contribution in [2.45, 2.75) is 11.8 Å². The Balaban J connectivity index is 2.38. The Labute approximate surface area is 116 Å². The molecule has 0 aliphatic carbocycles. The van der Waals surface area contributed by atoms with Gasteiger partial charge in [-0.05, 0) is 30.7 Å². The van der Waals surface area contributed by atoms with E-state index in [4.69, 9.17) is 0 Å². The molecule has 2 rings (SSSR count). The first kappa shape index (κ1) is 14.3. The van der Waals surface area contributed by atoms with Gasteiger partial charge in [0.1, 0.15) is 11.6 Å². The number of nitrogens with one attached hydrogen (secondary N) is 2. The third-order valence-electron chi connectivity index (χ3n) is 2.74. The molecule has 1 aromatic carbocycles. The summed E-state index contributed by atoms with van der Waals surface area (Å²) in [5, 5.41) is 2.76. The number of nitrogens with zero attached hydrogens (tertiary/aromatic N) is 1. The molecule has 0 unspecified atom stereocenters. The number of hydrogen-bond acceptors (Lipinski definition) is 4. The topological polar surface area (TPSA) is 71.1 Å².